The number of amides is 1. The van der Waals surface area contributed by atoms with Crippen LogP contribution in [0.5, 0.6) is 5.88 Å². The molecule has 5 heteroatoms. The highest BCUT2D eigenvalue weighted by atomic mass is 16.5. The van der Waals surface area contributed by atoms with E-state index in [2.05, 4.69) is 9.97 Å². The number of likely N-dealkylation sites (tertiary alicyclic amines) is 1. The highest BCUT2D eigenvalue weighted by molar-refractivity contribution is 5.92. The zero-order valence-corrected chi connectivity index (χ0v) is 12.7. The van der Waals surface area contributed by atoms with Crippen LogP contribution in [0.25, 0.3) is 0 Å². The third-order valence-corrected chi connectivity index (χ3v) is 5.10. The first kappa shape index (κ1) is 14.3. The van der Waals surface area contributed by atoms with E-state index in [-0.39, 0.29) is 5.91 Å². The number of carbonyl (C=O) groups excluding carboxylic acids is 1. The van der Waals surface area contributed by atoms with Crippen LogP contribution in [-0.2, 0) is 0 Å². The number of piperidine rings is 1. The molecule has 2 heterocycles. The molecule has 3 rings (SSSR count). The Kier molecular flexibility index (Phi) is 4.08. The van der Waals surface area contributed by atoms with Crippen LogP contribution in [0.15, 0.2) is 12.4 Å². The Morgan fingerprint density at radius 2 is 1.86 bits per heavy atom. The Balaban J connectivity index is 1.64. The van der Waals surface area contributed by atoms with Gasteiger partial charge in [-0.05, 0) is 31.1 Å². The number of hydrogen-bond acceptors (Lipinski definition) is 4. The monoisotopic (exact) mass is 289 g/mol. The summed E-state index contributed by atoms with van der Waals surface area (Å²) in [7, 11) is 1.55. The Bertz CT molecular complexity index is 502. The van der Waals surface area contributed by atoms with E-state index in [1.807, 2.05) is 4.90 Å². The first-order chi connectivity index (χ1) is 10.2. The smallest absolute Gasteiger partial charge is 0.272 e. The van der Waals surface area contributed by atoms with Gasteiger partial charge in [-0.25, -0.2) is 9.97 Å². The highest BCUT2D eigenvalue weighted by Gasteiger charge is 2.37. The van der Waals surface area contributed by atoms with E-state index in [0.717, 1.165) is 25.9 Å². The van der Waals surface area contributed by atoms with Gasteiger partial charge in [-0.3, -0.25) is 4.79 Å². The van der Waals surface area contributed by atoms with Crippen LogP contribution >= 0.6 is 0 Å². The second-order valence-electron chi connectivity index (χ2n) is 6.30. The first-order valence-corrected chi connectivity index (χ1v) is 7.88. The van der Waals surface area contributed by atoms with Crippen molar-refractivity contribution in [2.75, 3.05) is 20.2 Å². The molecule has 0 unspecified atom stereocenters. The van der Waals surface area contributed by atoms with E-state index in [1.165, 1.54) is 38.4 Å². The largest absolute Gasteiger partial charge is 0.481 e. The quantitative estimate of drug-likeness (QED) is 0.840. The molecule has 1 saturated heterocycles. The number of hydrogen-bond donors (Lipinski definition) is 0. The lowest BCUT2D eigenvalue weighted by atomic mass is 9.68. The number of ether oxygens (including phenoxy) is 1. The van der Waals surface area contributed by atoms with Crippen LogP contribution in [0.1, 0.15) is 55.4 Å². The maximum absolute atomic E-state index is 12.5. The minimum atomic E-state index is 0.00126. The molecule has 0 aromatic carbocycles. The van der Waals surface area contributed by atoms with Crippen molar-refractivity contribution >= 4 is 5.91 Å². The van der Waals surface area contributed by atoms with Crippen molar-refractivity contribution in [1.29, 1.82) is 0 Å². The van der Waals surface area contributed by atoms with Gasteiger partial charge in [0.15, 0.2) is 0 Å². The molecular formula is C16H23N3O2. The molecule has 1 aliphatic heterocycles. The standard InChI is InChI=1S/C16H23N3O2/c1-21-14-11-13(17-12-18-14)15(20)19-9-7-16(8-10-19)5-3-2-4-6-16/h11-12H,2-10H2,1H3. The predicted molar refractivity (Wildman–Crippen MR) is 79.2 cm³/mol. The second-order valence-corrected chi connectivity index (χ2v) is 6.30. The van der Waals surface area contributed by atoms with Gasteiger partial charge < -0.3 is 9.64 Å². The van der Waals surface area contributed by atoms with Gasteiger partial charge in [-0.15, -0.1) is 0 Å². The van der Waals surface area contributed by atoms with Crippen LogP contribution in [0.4, 0.5) is 0 Å². The Labute approximate surface area is 125 Å². The van der Waals surface area contributed by atoms with Crippen LogP contribution in [-0.4, -0.2) is 41.0 Å². The topological polar surface area (TPSA) is 55.3 Å². The summed E-state index contributed by atoms with van der Waals surface area (Å²) in [6.07, 6.45) is 10.5. The molecule has 1 aliphatic carbocycles. The second kappa shape index (κ2) is 6.00. The van der Waals surface area contributed by atoms with E-state index in [4.69, 9.17) is 4.74 Å². The van der Waals surface area contributed by atoms with Crippen molar-refractivity contribution in [2.24, 2.45) is 5.41 Å². The SMILES string of the molecule is COc1cc(C(=O)N2CCC3(CCCCC3)CC2)ncn1. The summed E-state index contributed by atoms with van der Waals surface area (Å²) >= 11 is 0. The number of aromatic nitrogens is 2. The van der Waals surface area contributed by atoms with Gasteiger partial charge in [0.2, 0.25) is 5.88 Å². The average molecular weight is 289 g/mol. The van der Waals surface area contributed by atoms with Crippen molar-refractivity contribution in [3.8, 4) is 5.88 Å². The molecule has 1 amide bonds. The van der Waals surface area contributed by atoms with Gasteiger partial charge in [0, 0.05) is 19.2 Å². The molecule has 2 fully saturated rings. The number of methoxy groups -OCH3 is 1. The van der Waals surface area contributed by atoms with E-state index in [9.17, 15) is 4.79 Å². The maximum atomic E-state index is 12.5. The number of carbonyl (C=O) groups is 1. The van der Waals surface area contributed by atoms with Crippen LogP contribution < -0.4 is 4.74 Å². The molecular weight excluding hydrogens is 266 g/mol. The fourth-order valence-electron chi connectivity index (χ4n) is 3.72. The van der Waals surface area contributed by atoms with E-state index < -0.39 is 0 Å². The molecule has 0 bridgehead atoms. The molecule has 1 aromatic rings. The fraction of sp³-hybridized carbons (Fsp3) is 0.688. The van der Waals surface area contributed by atoms with E-state index in [1.54, 1.807) is 13.2 Å². The normalized spacial score (nSPS) is 21.3. The maximum Gasteiger partial charge on any atom is 0.272 e. The summed E-state index contributed by atoms with van der Waals surface area (Å²) in [5.41, 5.74) is 0.944. The number of nitrogens with zero attached hydrogens (tertiary/aromatic N) is 3. The van der Waals surface area contributed by atoms with Gasteiger partial charge in [-0.1, -0.05) is 19.3 Å². The van der Waals surface area contributed by atoms with Crippen molar-refractivity contribution in [3.05, 3.63) is 18.1 Å². The number of rotatable bonds is 2. The lowest BCUT2D eigenvalue weighted by molar-refractivity contribution is 0.0466. The van der Waals surface area contributed by atoms with Crippen molar-refractivity contribution in [1.82, 2.24) is 14.9 Å². The van der Waals surface area contributed by atoms with Gasteiger partial charge >= 0.3 is 0 Å². The molecule has 0 N–H and O–H groups in total. The molecule has 114 valence electrons. The van der Waals surface area contributed by atoms with E-state index >= 15 is 0 Å². The summed E-state index contributed by atoms with van der Waals surface area (Å²) in [5.74, 6) is 0.440. The lowest BCUT2D eigenvalue weighted by Gasteiger charge is -2.44. The van der Waals surface area contributed by atoms with Crippen molar-refractivity contribution in [3.63, 3.8) is 0 Å². The third kappa shape index (κ3) is 3.01. The van der Waals surface area contributed by atoms with Gasteiger partial charge in [0.05, 0.1) is 7.11 Å². The Hall–Kier alpha value is -1.65. The highest BCUT2D eigenvalue weighted by Crippen LogP contribution is 2.44. The van der Waals surface area contributed by atoms with Crippen molar-refractivity contribution in [2.45, 2.75) is 44.9 Å². The summed E-state index contributed by atoms with van der Waals surface area (Å²) in [4.78, 5) is 22.5. The first-order valence-electron chi connectivity index (χ1n) is 7.88. The Morgan fingerprint density at radius 1 is 1.14 bits per heavy atom. The summed E-state index contributed by atoms with van der Waals surface area (Å²) in [6.45, 7) is 1.70. The Morgan fingerprint density at radius 3 is 2.52 bits per heavy atom. The van der Waals surface area contributed by atoms with Crippen molar-refractivity contribution < 1.29 is 9.53 Å². The predicted octanol–water partition coefficient (Wildman–Crippen LogP) is 2.67. The zero-order chi connectivity index (χ0) is 14.7. The van der Waals surface area contributed by atoms with Gasteiger partial charge in [0.1, 0.15) is 12.0 Å². The molecule has 0 atom stereocenters. The summed E-state index contributed by atoms with van der Waals surface area (Å²) in [6, 6.07) is 1.62. The minimum absolute atomic E-state index is 0.00126. The molecule has 2 aliphatic rings. The van der Waals surface area contributed by atoms with Gasteiger partial charge in [-0.2, -0.15) is 0 Å². The molecule has 21 heavy (non-hydrogen) atoms. The van der Waals surface area contributed by atoms with Crippen LogP contribution in [0.2, 0.25) is 0 Å². The molecule has 1 aromatic heterocycles. The summed E-state index contributed by atoms with van der Waals surface area (Å²) in [5, 5.41) is 0. The summed E-state index contributed by atoms with van der Waals surface area (Å²) < 4.78 is 5.06. The van der Waals surface area contributed by atoms with E-state index in [0.29, 0.717) is 17.0 Å². The molecule has 0 radical (unpaired) electrons. The lowest BCUT2D eigenvalue weighted by Crippen LogP contribution is -2.44. The van der Waals surface area contributed by atoms with Crippen LogP contribution in [0, 0.1) is 5.41 Å². The van der Waals surface area contributed by atoms with Gasteiger partial charge in [0.25, 0.3) is 5.91 Å². The fourth-order valence-corrected chi connectivity index (χ4v) is 3.72. The average Bonchev–Trinajstić information content (AvgIpc) is 2.56. The molecule has 1 spiro atoms. The van der Waals surface area contributed by atoms with Crippen LogP contribution in [0.3, 0.4) is 0 Å². The third-order valence-electron chi connectivity index (χ3n) is 5.10. The molecule has 1 saturated carbocycles. The minimum Gasteiger partial charge on any atom is -0.481 e. The zero-order valence-electron chi connectivity index (χ0n) is 12.7. The molecule has 5 nitrogen and oxygen atoms in total.